The van der Waals surface area contributed by atoms with E-state index in [0.717, 1.165) is 25.7 Å². The molecule has 0 amide bonds. The largest absolute Gasteiger partial charge is 0.481 e. The third-order valence-electron chi connectivity index (χ3n) is 8.42. The van der Waals surface area contributed by atoms with Crippen LogP contribution in [0.1, 0.15) is 92.4 Å². The number of aliphatic carboxylic acids is 1. The smallest absolute Gasteiger partial charge is 0.317 e. The average Bonchev–Trinajstić information content (AvgIpc) is 3.08. The van der Waals surface area contributed by atoms with Crippen molar-refractivity contribution in [1.29, 1.82) is 0 Å². The minimum absolute atomic E-state index is 0.0528. The lowest BCUT2D eigenvalue weighted by molar-refractivity contribution is -0.162. The van der Waals surface area contributed by atoms with Gasteiger partial charge in [-0.2, -0.15) is 0 Å². The molecule has 1 aliphatic heterocycles. The van der Waals surface area contributed by atoms with Crippen molar-refractivity contribution < 1.29 is 33.8 Å². The Morgan fingerprint density at radius 3 is 2.26 bits per heavy atom. The minimum Gasteiger partial charge on any atom is -0.481 e. The van der Waals surface area contributed by atoms with Crippen LogP contribution in [-0.2, 0) is 28.7 Å². The first-order valence-electron chi connectivity index (χ1n) is 13.1. The maximum atomic E-state index is 13.1. The third kappa shape index (κ3) is 6.19. The summed E-state index contributed by atoms with van der Waals surface area (Å²) in [5.74, 6) is -4.17. The predicted octanol–water partition coefficient (Wildman–Crippen LogP) is 5.00. The Kier molecular flexibility index (Phi) is 8.46. The number of rotatable bonds is 7. The summed E-state index contributed by atoms with van der Waals surface area (Å²) in [5.41, 5.74) is -0.737. The van der Waals surface area contributed by atoms with E-state index >= 15 is 0 Å². The van der Waals surface area contributed by atoms with E-state index in [1.54, 1.807) is 27.7 Å². The van der Waals surface area contributed by atoms with Crippen LogP contribution in [0, 0.1) is 47.3 Å². The lowest BCUT2D eigenvalue weighted by Gasteiger charge is -2.44. The second-order valence-electron chi connectivity index (χ2n) is 12.0. The Balaban J connectivity index is 1.89. The molecule has 1 N–H and O–H groups in total. The molecular weight excluding hydrogens is 436 g/mol. The molecular formula is C27H42O7. The molecule has 192 valence electrons. The number of cyclic esters (lactones) is 2. The number of carbonyl (C=O) groups excluding carboxylic acids is 3. The van der Waals surface area contributed by atoms with Crippen molar-refractivity contribution in [1.82, 2.24) is 0 Å². The summed E-state index contributed by atoms with van der Waals surface area (Å²) in [4.78, 5) is 50.6. The van der Waals surface area contributed by atoms with E-state index in [1.807, 2.05) is 0 Å². The van der Waals surface area contributed by atoms with Crippen molar-refractivity contribution in [3.05, 3.63) is 0 Å². The highest BCUT2D eigenvalue weighted by Crippen LogP contribution is 2.52. The Bertz CT molecular complexity index is 776. The topological polar surface area (TPSA) is 107 Å². The Labute approximate surface area is 203 Å². The van der Waals surface area contributed by atoms with Gasteiger partial charge in [-0.3, -0.25) is 19.2 Å². The van der Waals surface area contributed by atoms with Gasteiger partial charge in [0.1, 0.15) is 5.60 Å². The number of carboxylic acids is 1. The summed E-state index contributed by atoms with van der Waals surface area (Å²) < 4.78 is 10.8. The normalized spacial score (nSPS) is 33.9. The zero-order valence-electron chi connectivity index (χ0n) is 21.4. The molecule has 0 radical (unpaired) electrons. The van der Waals surface area contributed by atoms with Gasteiger partial charge >= 0.3 is 23.9 Å². The molecule has 8 atom stereocenters. The highest BCUT2D eigenvalue weighted by atomic mass is 16.6. The summed E-state index contributed by atoms with van der Waals surface area (Å²) in [6.45, 7) is 9.05. The fourth-order valence-electron chi connectivity index (χ4n) is 6.71. The standard InChI is InChI=1S/C27H42O7/c1-15(23(28)29)13-19(24(30)34-27(3,4)5)14-20-22(26(32)33-25(20)31)21-16(2)17-9-7-6-8-10-18(21)12-11-17/h15-22H,6-14H2,1-5H3,(H,28,29). The summed E-state index contributed by atoms with van der Waals surface area (Å²) in [5, 5.41) is 9.45. The maximum absolute atomic E-state index is 13.1. The first kappa shape index (κ1) is 26.7. The summed E-state index contributed by atoms with van der Waals surface area (Å²) in [7, 11) is 0. The van der Waals surface area contributed by atoms with Gasteiger partial charge in [0.05, 0.1) is 23.7 Å². The van der Waals surface area contributed by atoms with Crippen molar-refractivity contribution in [2.24, 2.45) is 47.3 Å². The van der Waals surface area contributed by atoms with Crippen LogP contribution in [0.3, 0.4) is 0 Å². The van der Waals surface area contributed by atoms with E-state index in [4.69, 9.17) is 9.47 Å². The molecule has 0 aromatic carbocycles. The molecule has 0 aromatic rings. The fraction of sp³-hybridized carbons (Fsp3) is 0.852. The van der Waals surface area contributed by atoms with E-state index in [0.29, 0.717) is 17.8 Å². The molecule has 4 aliphatic rings. The molecule has 0 spiro atoms. The second kappa shape index (κ2) is 10.8. The van der Waals surface area contributed by atoms with Gasteiger partial charge in [-0.25, -0.2) is 0 Å². The SMILES string of the molecule is CC(CC(CC1C(=O)OC(=O)C1C1C2CCCCCC(CC2)C1C)C(=O)OC(C)(C)C)C(=O)O. The summed E-state index contributed by atoms with van der Waals surface area (Å²) in [6.07, 6.45) is 8.13. The number of hydrogen-bond donors (Lipinski definition) is 1. The van der Waals surface area contributed by atoms with Crippen molar-refractivity contribution in [3.8, 4) is 0 Å². The average molecular weight is 479 g/mol. The van der Waals surface area contributed by atoms with Gasteiger partial charge in [0, 0.05) is 0 Å². The number of hydrogen-bond acceptors (Lipinski definition) is 6. The zero-order chi connectivity index (χ0) is 25.2. The van der Waals surface area contributed by atoms with Gasteiger partial charge in [0.15, 0.2) is 0 Å². The van der Waals surface area contributed by atoms with Crippen LogP contribution >= 0.6 is 0 Å². The molecule has 3 aliphatic carbocycles. The van der Waals surface area contributed by atoms with Gasteiger partial charge in [-0.05, 0) is 70.1 Å². The van der Waals surface area contributed by atoms with Crippen LogP contribution in [0.5, 0.6) is 0 Å². The van der Waals surface area contributed by atoms with Gasteiger partial charge < -0.3 is 14.6 Å². The number of carboxylic acid groups (broad SMARTS) is 1. The van der Waals surface area contributed by atoms with Gasteiger partial charge in [0.2, 0.25) is 0 Å². The van der Waals surface area contributed by atoms with Gasteiger partial charge in [-0.15, -0.1) is 0 Å². The van der Waals surface area contributed by atoms with E-state index in [1.165, 1.54) is 19.3 Å². The predicted molar refractivity (Wildman–Crippen MR) is 125 cm³/mol. The lowest BCUT2D eigenvalue weighted by atomic mass is 9.59. The minimum atomic E-state index is -1.00. The van der Waals surface area contributed by atoms with Crippen molar-refractivity contribution in [2.45, 2.75) is 98.0 Å². The Morgan fingerprint density at radius 1 is 1.03 bits per heavy atom. The molecule has 1 saturated heterocycles. The zero-order valence-corrected chi connectivity index (χ0v) is 21.4. The summed E-state index contributed by atoms with van der Waals surface area (Å²) in [6, 6.07) is 0. The number of ether oxygens (including phenoxy) is 2. The molecule has 8 unspecified atom stereocenters. The molecule has 1 heterocycles. The van der Waals surface area contributed by atoms with E-state index in [2.05, 4.69) is 6.92 Å². The fourth-order valence-corrected chi connectivity index (χ4v) is 6.71. The highest BCUT2D eigenvalue weighted by Gasteiger charge is 2.54. The first-order valence-corrected chi connectivity index (χ1v) is 13.1. The van der Waals surface area contributed by atoms with Gasteiger partial charge in [-0.1, -0.05) is 46.0 Å². The van der Waals surface area contributed by atoms with E-state index in [-0.39, 0.29) is 18.8 Å². The molecule has 2 bridgehead atoms. The molecule has 3 saturated carbocycles. The number of carbonyl (C=O) groups is 4. The van der Waals surface area contributed by atoms with E-state index in [9.17, 15) is 24.3 Å². The Morgan fingerprint density at radius 2 is 1.65 bits per heavy atom. The molecule has 7 nitrogen and oxygen atoms in total. The number of esters is 3. The van der Waals surface area contributed by atoms with Crippen molar-refractivity contribution >= 4 is 23.9 Å². The molecule has 4 fully saturated rings. The van der Waals surface area contributed by atoms with Crippen LogP contribution in [0.2, 0.25) is 0 Å². The van der Waals surface area contributed by atoms with E-state index < -0.39 is 53.1 Å². The monoisotopic (exact) mass is 478 g/mol. The van der Waals surface area contributed by atoms with Crippen molar-refractivity contribution in [3.63, 3.8) is 0 Å². The molecule has 34 heavy (non-hydrogen) atoms. The number of fused-ring (bicyclic) bond motifs is 6. The van der Waals surface area contributed by atoms with Crippen LogP contribution in [-0.4, -0.2) is 34.6 Å². The highest BCUT2D eigenvalue weighted by molar-refractivity contribution is 5.97. The van der Waals surface area contributed by atoms with Crippen LogP contribution < -0.4 is 0 Å². The van der Waals surface area contributed by atoms with Crippen LogP contribution in [0.4, 0.5) is 0 Å². The molecule has 0 aromatic heterocycles. The third-order valence-corrected chi connectivity index (χ3v) is 8.42. The lowest BCUT2D eigenvalue weighted by Crippen LogP contribution is -2.42. The Hall–Kier alpha value is -1.92. The quantitative estimate of drug-likeness (QED) is 0.405. The van der Waals surface area contributed by atoms with Crippen LogP contribution in [0.25, 0.3) is 0 Å². The molecule has 4 rings (SSSR count). The molecule has 7 heteroatoms. The van der Waals surface area contributed by atoms with Crippen molar-refractivity contribution in [2.75, 3.05) is 0 Å². The van der Waals surface area contributed by atoms with Gasteiger partial charge in [0.25, 0.3) is 0 Å². The summed E-state index contributed by atoms with van der Waals surface area (Å²) >= 11 is 0. The van der Waals surface area contributed by atoms with Crippen LogP contribution in [0.15, 0.2) is 0 Å². The maximum Gasteiger partial charge on any atom is 0.317 e. The first-order chi connectivity index (χ1) is 15.9. The second-order valence-corrected chi connectivity index (χ2v) is 12.0.